The molecular weight excluding hydrogens is 296 g/mol. The maximum absolute atomic E-state index is 13.0. The van der Waals surface area contributed by atoms with Crippen molar-refractivity contribution in [3.63, 3.8) is 0 Å². The third kappa shape index (κ3) is 1.90. The van der Waals surface area contributed by atoms with Gasteiger partial charge in [-0.3, -0.25) is 4.79 Å². The third-order valence-electron chi connectivity index (χ3n) is 2.12. The van der Waals surface area contributed by atoms with Gasteiger partial charge < -0.3 is 4.57 Å². The smallest absolute Gasteiger partial charge is 0.166 e. The minimum atomic E-state index is -0.430. The highest BCUT2D eigenvalue weighted by Gasteiger charge is 2.12. The molecule has 0 fully saturated rings. The van der Waals surface area contributed by atoms with E-state index in [0.29, 0.717) is 22.1 Å². The molecule has 0 radical (unpaired) electrons. The van der Waals surface area contributed by atoms with Crippen LogP contribution in [0.25, 0.3) is 5.69 Å². The predicted octanol–water partition coefficient (Wildman–Crippen LogP) is 3.84. The molecular formula is C11H6BrClFNO. The van der Waals surface area contributed by atoms with Crippen LogP contribution in [0.2, 0.25) is 5.02 Å². The van der Waals surface area contributed by atoms with Gasteiger partial charge in [0, 0.05) is 10.7 Å². The van der Waals surface area contributed by atoms with Crippen molar-refractivity contribution >= 4 is 33.8 Å². The van der Waals surface area contributed by atoms with E-state index in [-0.39, 0.29) is 5.02 Å². The Bertz CT molecular complexity index is 530. The molecule has 0 bridgehead atoms. The van der Waals surface area contributed by atoms with Gasteiger partial charge in [-0.25, -0.2) is 4.39 Å². The lowest BCUT2D eigenvalue weighted by atomic mass is 10.3. The summed E-state index contributed by atoms with van der Waals surface area (Å²) in [5, 5.41) is 0.242. The van der Waals surface area contributed by atoms with Gasteiger partial charge >= 0.3 is 0 Å². The van der Waals surface area contributed by atoms with Crippen molar-refractivity contribution in [2.75, 3.05) is 0 Å². The van der Waals surface area contributed by atoms with E-state index in [4.69, 9.17) is 11.6 Å². The monoisotopic (exact) mass is 301 g/mol. The van der Waals surface area contributed by atoms with Crippen molar-refractivity contribution < 1.29 is 9.18 Å². The van der Waals surface area contributed by atoms with Crippen molar-refractivity contribution in [2.24, 2.45) is 0 Å². The molecule has 1 aromatic carbocycles. The van der Waals surface area contributed by atoms with E-state index in [1.165, 1.54) is 12.1 Å². The molecule has 1 aromatic heterocycles. The van der Waals surface area contributed by atoms with Crippen LogP contribution in [0.5, 0.6) is 0 Å². The SMILES string of the molecule is O=Cc1cccn1-c1c(Cl)cc(F)cc1Br. The quantitative estimate of drug-likeness (QED) is 0.772. The van der Waals surface area contributed by atoms with Gasteiger partial charge in [0.1, 0.15) is 5.82 Å². The maximum Gasteiger partial charge on any atom is 0.166 e. The molecule has 0 saturated carbocycles. The van der Waals surface area contributed by atoms with E-state index in [0.717, 1.165) is 0 Å². The van der Waals surface area contributed by atoms with Crippen LogP contribution in [0.1, 0.15) is 10.5 Å². The summed E-state index contributed by atoms with van der Waals surface area (Å²) in [7, 11) is 0. The highest BCUT2D eigenvalue weighted by molar-refractivity contribution is 9.10. The molecule has 0 aliphatic rings. The van der Waals surface area contributed by atoms with Crippen LogP contribution in [0.4, 0.5) is 4.39 Å². The van der Waals surface area contributed by atoms with Gasteiger partial charge in [0.25, 0.3) is 0 Å². The first-order valence-electron chi connectivity index (χ1n) is 4.41. The Labute approximate surface area is 105 Å². The van der Waals surface area contributed by atoms with Crippen LogP contribution in [0, 0.1) is 5.82 Å². The van der Waals surface area contributed by atoms with Crippen LogP contribution >= 0.6 is 27.5 Å². The zero-order valence-electron chi connectivity index (χ0n) is 7.95. The van der Waals surface area contributed by atoms with Crippen molar-refractivity contribution in [3.8, 4) is 5.69 Å². The van der Waals surface area contributed by atoms with Crippen molar-refractivity contribution in [1.82, 2.24) is 4.57 Å². The molecule has 5 heteroatoms. The number of nitrogens with zero attached hydrogens (tertiary/aromatic N) is 1. The lowest BCUT2D eigenvalue weighted by Crippen LogP contribution is -2.00. The van der Waals surface area contributed by atoms with Gasteiger partial charge in [0.15, 0.2) is 6.29 Å². The van der Waals surface area contributed by atoms with Gasteiger partial charge in [-0.05, 0) is 40.2 Å². The molecule has 2 aromatic rings. The van der Waals surface area contributed by atoms with E-state index in [1.807, 2.05) is 0 Å². The first kappa shape index (κ1) is 11.4. The van der Waals surface area contributed by atoms with Crippen LogP contribution in [0.15, 0.2) is 34.9 Å². The van der Waals surface area contributed by atoms with Gasteiger partial charge in [-0.1, -0.05) is 11.6 Å². The Balaban J connectivity index is 2.69. The number of aromatic nitrogens is 1. The number of rotatable bonds is 2. The Hall–Kier alpha value is -1.13. The minimum absolute atomic E-state index is 0.242. The molecule has 0 aliphatic carbocycles. The Kier molecular flexibility index (Phi) is 3.12. The molecule has 0 aliphatic heterocycles. The Morgan fingerprint density at radius 2 is 2.19 bits per heavy atom. The van der Waals surface area contributed by atoms with Gasteiger partial charge in [0.2, 0.25) is 0 Å². The van der Waals surface area contributed by atoms with Crippen LogP contribution in [0.3, 0.4) is 0 Å². The summed E-state index contributed by atoms with van der Waals surface area (Å²) in [4.78, 5) is 10.8. The number of carbonyl (C=O) groups is 1. The van der Waals surface area contributed by atoms with Crippen LogP contribution in [-0.4, -0.2) is 10.9 Å². The number of aldehydes is 1. The Morgan fingerprint density at radius 1 is 1.44 bits per heavy atom. The van der Waals surface area contributed by atoms with Crippen LogP contribution < -0.4 is 0 Å². The number of carbonyl (C=O) groups excluding carboxylic acids is 1. The van der Waals surface area contributed by atoms with Crippen molar-refractivity contribution in [1.29, 1.82) is 0 Å². The van der Waals surface area contributed by atoms with E-state index < -0.39 is 5.82 Å². The Morgan fingerprint density at radius 3 is 2.81 bits per heavy atom. The van der Waals surface area contributed by atoms with E-state index >= 15 is 0 Å². The molecule has 0 amide bonds. The first-order valence-corrected chi connectivity index (χ1v) is 5.58. The van der Waals surface area contributed by atoms with Crippen LogP contribution in [-0.2, 0) is 0 Å². The second kappa shape index (κ2) is 4.39. The summed E-state index contributed by atoms with van der Waals surface area (Å²) < 4.78 is 15.1. The van der Waals surface area contributed by atoms with Crippen molar-refractivity contribution in [2.45, 2.75) is 0 Å². The zero-order chi connectivity index (χ0) is 11.7. The second-order valence-electron chi connectivity index (χ2n) is 3.14. The molecule has 0 spiro atoms. The predicted molar refractivity (Wildman–Crippen MR) is 63.8 cm³/mol. The number of hydrogen-bond acceptors (Lipinski definition) is 1. The van der Waals surface area contributed by atoms with Gasteiger partial charge in [0.05, 0.1) is 16.4 Å². The van der Waals surface area contributed by atoms with E-state index in [2.05, 4.69) is 15.9 Å². The van der Waals surface area contributed by atoms with Gasteiger partial charge in [-0.15, -0.1) is 0 Å². The summed E-state index contributed by atoms with van der Waals surface area (Å²) in [6, 6.07) is 5.88. The number of halogens is 3. The normalized spacial score (nSPS) is 10.4. The molecule has 0 unspecified atom stereocenters. The average Bonchev–Trinajstić information content (AvgIpc) is 2.64. The maximum atomic E-state index is 13.0. The molecule has 2 nitrogen and oxygen atoms in total. The number of hydrogen-bond donors (Lipinski definition) is 0. The summed E-state index contributed by atoms with van der Waals surface area (Å²) in [6.45, 7) is 0. The molecule has 2 rings (SSSR count). The third-order valence-corrected chi connectivity index (χ3v) is 3.02. The minimum Gasteiger partial charge on any atom is -0.312 e. The van der Waals surface area contributed by atoms with E-state index in [9.17, 15) is 9.18 Å². The zero-order valence-corrected chi connectivity index (χ0v) is 10.3. The highest BCUT2D eigenvalue weighted by atomic mass is 79.9. The number of benzene rings is 1. The fourth-order valence-electron chi connectivity index (χ4n) is 1.46. The lowest BCUT2D eigenvalue weighted by molar-refractivity contribution is 0.111. The molecule has 0 saturated heterocycles. The molecule has 0 atom stereocenters. The highest BCUT2D eigenvalue weighted by Crippen LogP contribution is 2.30. The summed E-state index contributed by atoms with van der Waals surface area (Å²) in [6.07, 6.45) is 2.40. The fourth-order valence-corrected chi connectivity index (χ4v) is 2.49. The summed E-state index contributed by atoms with van der Waals surface area (Å²) >= 11 is 9.17. The van der Waals surface area contributed by atoms with E-state index in [1.54, 1.807) is 22.9 Å². The molecule has 82 valence electrons. The molecule has 1 heterocycles. The average molecular weight is 303 g/mol. The largest absolute Gasteiger partial charge is 0.312 e. The van der Waals surface area contributed by atoms with Crippen molar-refractivity contribution in [3.05, 3.63) is 51.5 Å². The molecule has 0 N–H and O–H groups in total. The fraction of sp³-hybridized carbons (Fsp3) is 0. The summed E-state index contributed by atoms with van der Waals surface area (Å²) in [5.74, 6) is -0.430. The lowest BCUT2D eigenvalue weighted by Gasteiger charge is -2.10. The first-order chi connectivity index (χ1) is 7.63. The second-order valence-corrected chi connectivity index (χ2v) is 4.40. The topological polar surface area (TPSA) is 22.0 Å². The summed E-state index contributed by atoms with van der Waals surface area (Å²) in [5.41, 5.74) is 1.00. The standard InChI is InChI=1S/C11H6BrClFNO/c12-9-4-7(14)5-10(13)11(9)15-3-1-2-8(15)6-16/h1-6H. The van der Waals surface area contributed by atoms with Gasteiger partial charge in [-0.2, -0.15) is 0 Å². The molecule has 16 heavy (non-hydrogen) atoms.